The molecule has 21 heteroatoms. The number of alkyl halides is 3. The summed E-state index contributed by atoms with van der Waals surface area (Å²) >= 11 is 0. The Morgan fingerprint density at radius 1 is 1.11 bits per heavy atom. The van der Waals surface area contributed by atoms with Crippen molar-refractivity contribution in [2.24, 2.45) is 0 Å². The van der Waals surface area contributed by atoms with E-state index < -0.39 is 58.9 Å². The molecule has 2 atom stereocenters. The first-order valence-electron chi connectivity index (χ1n) is 10.3. The van der Waals surface area contributed by atoms with E-state index in [2.05, 4.69) is 30.3 Å². The number of hydrogen-bond donors (Lipinski definition) is 5. The fourth-order valence-electron chi connectivity index (χ4n) is 2.40. The molecule has 5 N–H and O–H groups in total. The fourth-order valence-corrected chi connectivity index (χ4v) is 2.40. The van der Waals surface area contributed by atoms with Crippen LogP contribution < -0.4 is 10.6 Å². The average Bonchev–Trinajstić information content (AvgIpc) is 3.29. The van der Waals surface area contributed by atoms with Crippen LogP contribution in [0, 0.1) is 20.2 Å². The van der Waals surface area contributed by atoms with Gasteiger partial charge in [0, 0.05) is 32.0 Å². The second-order valence-electron chi connectivity index (χ2n) is 6.99. The highest BCUT2D eigenvalue weighted by atomic mass is 19.4. The lowest BCUT2D eigenvalue weighted by atomic mass is 10.1. The van der Waals surface area contributed by atoms with E-state index in [0.29, 0.717) is 5.69 Å². The third-order valence-electron chi connectivity index (χ3n) is 4.05. The number of H-pyrrole nitrogens is 1. The van der Waals surface area contributed by atoms with Crippen LogP contribution in [0.3, 0.4) is 0 Å². The van der Waals surface area contributed by atoms with Gasteiger partial charge in [-0.1, -0.05) is 0 Å². The number of aromatic nitrogens is 2. The number of amides is 2. The van der Waals surface area contributed by atoms with Gasteiger partial charge in [0.1, 0.15) is 18.8 Å². The molecular formula is C17H23F3N6O12. The third kappa shape index (κ3) is 16.8. The van der Waals surface area contributed by atoms with Crippen LogP contribution in [0.15, 0.2) is 12.5 Å². The van der Waals surface area contributed by atoms with Crippen LogP contribution in [0.1, 0.15) is 31.4 Å². The summed E-state index contributed by atoms with van der Waals surface area (Å²) in [7, 11) is 0. The number of nitrogens with zero attached hydrogens (tertiary/aromatic N) is 3. The fraction of sp³-hybridized carbons (Fsp3) is 0.588. The molecule has 0 fully saturated rings. The number of carbonyl (C=O) groups is 4. The highest BCUT2D eigenvalue weighted by molar-refractivity contribution is 5.84. The molecule has 0 aliphatic rings. The number of carboxylic acid groups (broad SMARTS) is 2. The normalized spacial score (nSPS) is 12.1. The second-order valence-corrected chi connectivity index (χ2v) is 6.99. The molecule has 18 nitrogen and oxygen atoms in total. The summed E-state index contributed by atoms with van der Waals surface area (Å²) in [6.07, 6.45) is -3.58. The van der Waals surface area contributed by atoms with E-state index in [1.54, 1.807) is 0 Å². The Kier molecular flexibility index (Phi) is 14.8. The van der Waals surface area contributed by atoms with Gasteiger partial charge in [0.2, 0.25) is 11.8 Å². The smallest absolute Gasteiger partial charge is 0.480 e. The van der Waals surface area contributed by atoms with Crippen molar-refractivity contribution in [3.63, 3.8) is 0 Å². The van der Waals surface area contributed by atoms with Crippen molar-refractivity contribution in [3.8, 4) is 0 Å². The molecule has 0 radical (unpaired) electrons. The van der Waals surface area contributed by atoms with Crippen LogP contribution in [0.4, 0.5) is 13.2 Å². The van der Waals surface area contributed by atoms with E-state index in [-0.39, 0.29) is 38.6 Å². The van der Waals surface area contributed by atoms with Crippen molar-refractivity contribution in [1.82, 2.24) is 20.6 Å². The Balaban J connectivity index is 0.00000171. The van der Waals surface area contributed by atoms with Crippen LogP contribution in [0.2, 0.25) is 0 Å². The zero-order chi connectivity index (χ0) is 29.3. The summed E-state index contributed by atoms with van der Waals surface area (Å²) in [5, 5.41) is 39.4. The summed E-state index contributed by atoms with van der Waals surface area (Å²) in [6.45, 7) is -0.711. The predicted molar refractivity (Wildman–Crippen MR) is 112 cm³/mol. The van der Waals surface area contributed by atoms with E-state index >= 15 is 0 Å². The van der Waals surface area contributed by atoms with E-state index in [1.807, 2.05) is 0 Å². The number of aromatic amines is 1. The molecule has 0 saturated heterocycles. The Morgan fingerprint density at radius 3 is 2.21 bits per heavy atom. The minimum Gasteiger partial charge on any atom is -0.480 e. The molecule has 0 aromatic carbocycles. The Bertz CT molecular complexity index is 944. The van der Waals surface area contributed by atoms with Crippen LogP contribution >= 0.6 is 0 Å². The lowest BCUT2D eigenvalue weighted by molar-refractivity contribution is -0.790. The van der Waals surface area contributed by atoms with Crippen molar-refractivity contribution < 1.29 is 62.4 Å². The minimum absolute atomic E-state index is 0.00944. The SMILES string of the molecule is O=C(CCC[C@@H](CO[N+](=O)[O-])O[N+](=O)[O-])NCCC(=O)N[C@@H](Cc1c[nH]cn1)C(=O)O.O=C(O)C(F)(F)F. The summed E-state index contributed by atoms with van der Waals surface area (Å²) in [4.78, 5) is 79.2. The van der Waals surface area contributed by atoms with Gasteiger partial charge in [-0.2, -0.15) is 13.2 Å². The van der Waals surface area contributed by atoms with Gasteiger partial charge in [0.15, 0.2) is 0 Å². The first-order valence-corrected chi connectivity index (χ1v) is 10.3. The largest absolute Gasteiger partial charge is 0.490 e. The Hall–Kier alpha value is -4.72. The van der Waals surface area contributed by atoms with Crippen molar-refractivity contribution in [2.75, 3.05) is 13.2 Å². The number of carboxylic acids is 2. The van der Waals surface area contributed by atoms with Crippen molar-refractivity contribution in [1.29, 1.82) is 0 Å². The van der Waals surface area contributed by atoms with Gasteiger partial charge < -0.3 is 35.5 Å². The summed E-state index contributed by atoms with van der Waals surface area (Å²) in [5.41, 5.74) is 0.462. The lowest BCUT2D eigenvalue weighted by Gasteiger charge is -2.14. The zero-order valence-electron chi connectivity index (χ0n) is 19.2. The van der Waals surface area contributed by atoms with Gasteiger partial charge in [-0.3, -0.25) is 9.59 Å². The van der Waals surface area contributed by atoms with Gasteiger partial charge in [-0.25, -0.2) is 14.6 Å². The van der Waals surface area contributed by atoms with Gasteiger partial charge in [0.05, 0.1) is 12.0 Å². The maximum atomic E-state index is 11.9. The monoisotopic (exact) mass is 560 g/mol. The third-order valence-corrected chi connectivity index (χ3v) is 4.05. The standard InChI is InChI=1S/C15H22N6O10.C2HF3O2/c22-13(3-1-2-11(31-21(28)29)8-30-20(26)27)17-5-4-14(23)19-12(15(24)25)6-10-7-16-9-18-10;3-2(4,5)1(6)7/h7,9,11-12H,1-6,8H2,(H,16,18)(H,17,22)(H,19,23)(H,24,25);(H,6,7)/t11-,12-;/m0./s1. The van der Waals surface area contributed by atoms with E-state index in [9.17, 15) is 52.9 Å². The molecule has 38 heavy (non-hydrogen) atoms. The van der Waals surface area contributed by atoms with Gasteiger partial charge in [-0.15, -0.1) is 20.2 Å². The van der Waals surface area contributed by atoms with E-state index in [1.165, 1.54) is 12.5 Å². The number of aliphatic carboxylic acids is 2. The Labute approximate surface area is 209 Å². The van der Waals surface area contributed by atoms with Crippen LogP contribution in [-0.4, -0.2) is 85.6 Å². The number of rotatable bonds is 16. The van der Waals surface area contributed by atoms with E-state index in [4.69, 9.17) is 9.90 Å². The summed E-state index contributed by atoms with van der Waals surface area (Å²) in [5.74, 6) is -5.03. The minimum atomic E-state index is -5.08. The van der Waals surface area contributed by atoms with Gasteiger partial charge in [-0.05, 0) is 12.8 Å². The molecule has 0 spiro atoms. The highest BCUT2D eigenvalue weighted by Crippen LogP contribution is 2.13. The topological polar surface area (TPSA) is 266 Å². The van der Waals surface area contributed by atoms with E-state index in [0.717, 1.165) is 0 Å². The molecule has 0 saturated carbocycles. The molecule has 0 aliphatic heterocycles. The summed E-state index contributed by atoms with van der Waals surface area (Å²) in [6, 6.07) is -1.17. The van der Waals surface area contributed by atoms with Crippen molar-refractivity contribution in [2.45, 2.75) is 50.4 Å². The molecule has 0 bridgehead atoms. The predicted octanol–water partition coefficient (Wildman–Crippen LogP) is -0.383. The molecule has 1 rings (SSSR count). The van der Waals surface area contributed by atoms with Crippen LogP contribution in [0.25, 0.3) is 0 Å². The Morgan fingerprint density at radius 2 is 1.74 bits per heavy atom. The van der Waals surface area contributed by atoms with Crippen molar-refractivity contribution in [3.05, 3.63) is 38.4 Å². The number of imidazole rings is 1. The van der Waals surface area contributed by atoms with Crippen LogP contribution in [-0.2, 0) is 35.3 Å². The second kappa shape index (κ2) is 16.9. The molecule has 2 amide bonds. The number of carbonyl (C=O) groups excluding carboxylic acids is 2. The van der Waals surface area contributed by atoms with Crippen LogP contribution in [0.5, 0.6) is 0 Å². The molecule has 1 heterocycles. The summed E-state index contributed by atoms with van der Waals surface area (Å²) < 4.78 is 31.7. The average molecular weight is 560 g/mol. The zero-order valence-corrected chi connectivity index (χ0v) is 19.2. The van der Waals surface area contributed by atoms with Crippen molar-refractivity contribution >= 4 is 23.8 Å². The lowest BCUT2D eigenvalue weighted by Crippen LogP contribution is -2.43. The van der Waals surface area contributed by atoms with Gasteiger partial charge >= 0.3 is 18.1 Å². The molecule has 0 aliphatic carbocycles. The highest BCUT2D eigenvalue weighted by Gasteiger charge is 2.38. The maximum Gasteiger partial charge on any atom is 0.490 e. The number of nitrogens with one attached hydrogen (secondary N) is 3. The first kappa shape index (κ1) is 33.3. The molecular weight excluding hydrogens is 537 g/mol. The molecule has 1 aromatic heterocycles. The number of hydrogen-bond acceptors (Lipinski definition) is 11. The molecule has 0 unspecified atom stereocenters. The quantitative estimate of drug-likeness (QED) is 0.128. The number of halogens is 3. The molecule has 214 valence electrons. The van der Waals surface area contributed by atoms with Gasteiger partial charge in [0.25, 0.3) is 10.2 Å². The first-order chi connectivity index (χ1) is 17.6. The molecule has 1 aromatic rings. The maximum absolute atomic E-state index is 11.9.